The lowest BCUT2D eigenvalue weighted by Crippen LogP contribution is -2.33. The van der Waals surface area contributed by atoms with Gasteiger partial charge in [-0.15, -0.1) is 0 Å². The minimum atomic E-state index is -4.85. The third-order valence-corrected chi connectivity index (χ3v) is 2.67. The van der Waals surface area contributed by atoms with E-state index in [9.17, 15) is 22.8 Å². The highest BCUT2D eigenvalue weighted by Gasteiger charge is 2.40. The molecule has 0 unspecified atom stereocenters. The van der Waals surface area contributed by atoms with Crippen molar-refractivity contribution in [2.24, 2.45) is 0 Å². The Labute approximate surface area is 139 Å². The summed E-state index contributed by atoms with van der Waals surface area (Å²) in [6, 6.07) is 3.63. The molecular weight excluding hydrogens is 347 g/mol. The van der Waals surface area contributed by atoms with Gasteiger partial charge in [-0.05, 0) is 6.92 Å². The van der Waals surface area contributed by atoms with Gasteiger partial charge in [-0.1, -0.05) is 5.16 Å². The topological polar surface area (TPSA) is 106 Å². The fraction of sp³-hybridized carbons (Fsp3) is 0.357. The highest BCUT2D eigenvalue weighted by atomic mass is 19.4. The van der Waals surface area contributed by atoms with E-state index in [4.69, 9.17) is 9.63 Å². The second kappa shape index (κ2) is 8.76. The van der Waals surface area contributed by atoms with Gasteiger partial charge in [-0.25, -0.2) is 9.36 Å². The van der Waals surface area contributed by atoms with Gasteiger partial charge in [0.15, 0.2) is 24.8 Å². The van der Waals surface area contributed by atoms with Crippen LogP contribution in [0, 0.1) is 6.92 Å². The first kappa shape index (κ1) is 20.1. The number of carboxylic acid groups (broad SMARTS) is 1. The van der Waals surface area contributed by atoms with Crippen LogP contribution in [0.1, 0.15) is 12.2 Å². The normalized spacial score (nSPS) is 10.6. The van der Waals surface area contributed by atoms with Gasteiger partial charge in [0.2, 0.25) is 0 Å². The molecule has 2 heterocycles. The van der Waals surface area contributed by atoms with Crippen molar-refractivity contribution < 1.29 is 41.7 Å². The Morgan fingerprint density at radius 3 is 2.28 bits per heavy atom. The predicted octanol–water partition coefficient (Wildman–Crippen LogP) is 1.53. The molecule has 0 spiro atoms. The number of esters is 1. The van der Waals surface area contributed by atoms with E-state index >= 15 is 0 Å². The molecule has 0 amide bonds. The minimum absolute atomic E-state index is 0.101. The zero-order valence-corrected chi connectivity index (χ0v) is 13.3. The lowest BCUT2D eigenvalue weighted by Gasteiger charge is -1.99. The van der Waals surface area contributed by atoms with E-state index in [0.29, 0.717) is 25.4 Å². The lowest BCUT2D eigenvalue weighted by molar-refractivity contribution is -0.695. The molecule has 11 heteroatoms. The number of nitrogens with zero attached hydrogens (tertiary/aromatic N) is 3. The third-order valence-electron chi connectivity index (χ3n) is 2.67. The van der Waals surface area contributed by atoms with E-state index in [-0.39, 0.29) is 6.42 Å². The lowest BCUT2D eigenvalue weighted by atomic mass is 10.2. The number of carbonyl (C=O) groups is 2. The van der Waals surface area contributed by atoms with Gasteiger partial charge in [0, 0.05) is 12.1 Å². The van der Waals surface area contributed by atoms with Crippen LogP contribution in [-0.4, -0.2) is 40.5 Å². The summed E-state index contributed by atoms with van der Waals surface area (Å²) in [6.45, 7) is 2.20. The molecule has 0 atom stereocenters. The van der Waals surface area contributed by atoms with E-state index in [1.165, 1.54) is 0 Å². The first-order chi connectivity index (χ1) is 11.6. The number of aromatic nitrogens is 3. The molecule has 1 N–H and O–H groups in total. The number of rotatable bonds is 4. The quantitative estimate of drug-likeness (QED) is 0.649. The molecular formula is C14H15F3N3O5+. The van der Waals surface area contributed by atoms with Crippen LogP contribution >= 0.6 is 0 Å². The van der Waals surface area contributed by atoms with Gasteiger partial charge >= 0.3 is 18.1 Å². The zero-order chi connectivity index (χ0) is 19.0. The Morgan fingerprint density at radius 2 is 1.92 bits per heavy atom. The number of alkyl halides is 3. The van der Waals surface area contributed by atoms with Gasteiger partial charge in [0.05, 0.1) is 12.7 Å². The van der Waals surface area contributed by atoms with Gasteiger partial charge < -0.3 is 14.4 Å². The summed E-state index contributed by atoms with van der Waals surface area (Å²) in [5.41, 5.74) is 0.817. The maximum absolute atomic E-state index is 11.0. The first-order valence-electron chi connectivity index (χ1n) is 6.80. The van der Waals surface area contributed by atoms with Crippen molar-refractivity contribution in [3.63, 3.8) is 0 Å². The fourth-order valence-electron chi connectivity index (χ4n) is 1.50. The molecule has 0 aromatic carbocycles. The zero-order valence-electron chi connectivity index (χ0n) is 13.3. The molecule has 2 rings (SSSR count). The van der Waals surface area contributed by atoms with Crippen molar-refractivity contribution in [1.29, 1.82) is 0 Å². The Bertz CT molecular complexity index is 713. The van der Waals surface area contributed by atoms with Crippen molar-refractivity contribution >= 4 is 11.9 Å². The van der Waals surface area contributed by atoms with Crippen LogP contribution in [0.25, 0.3) is 11.5 Å². The summed E-state index contributed by atoms with van der Waals surface area (Å²) in [5.74, 6) is -1.93. The average molecular weight is 362 g/mol. The second-order valence-corrected chi connectivity index (χ2v) is 4.60. The number of hydrogen-bond acceptors (Lipinski definition) is 6. The Kier molecular flexibility index (Phi) is 7.03. The molecule has 0 aliphatic carbocycles. The SMILES string of the molecule is COC(=O)C(F)(F)F.Cc1noc(-c2cc[n+](CCC(=O)O)cc2)n1. The Hall–Kier alpha value is -2.98. The standard InChI is InChI=1S/C11H11N3O3.C3H3F3O2/c1-8-12-11(17-13-8)9-2-5-14(6-3-9)7-4-10(15)16;1-8-2(7)3(4,5)6/h2-3,5-6H,4,7H2,1H3;1H3/p+1. The summed E-state index contributed by atoms with van der Waals surface area (Å²) in [5, 5.41) is 12.3. The summed E-state index contributed by atoms with van der Waals surface area (Å²) < 4.78 is 43.1. The average Bonchev–Trinajstić information content (AvgIpc) is 2.98. The highest BCUT2D eigenvalue weighted by Crippen LogP contribution is 2.15. The molecule has 0 aliphatic heterocycles. The van der Waals surface area contributed by atoms with Gasteiger partial charge in [-0.3, -0.25) is 4.79 Å². The number of aryl methyl sites for hydroxylation is 2. The number of carboxylic acids is 1. The van der Waals surface area contributed by atoms with E-state index in [1.54, 1.807) is 23.9 Å². The molecule has 0 radical (unpaired) electrons. The van der Waals surface area contributed by atoms with Crippen LogP contribution < -0.4 is 4.57 Å². The molecule has 0 saturated carbocycles. The summed E-state index contributed by atoms with van der Waals surface area (Å²) in [7, 11) is 0.676. The molecule has 0 aliphatic rings. The number of aliphatic carboxylic acids is 1. The van der Waals surface area contributed by atoms with Crippen LogP contribution in [0.4, 0.5) is 13.2 Å². The fourth-order valence-corrected chi connectivity index (χ4v) is 1.50. The van der Waals surface area contributed by atoms with E-state index < -0.39 is 18.1 Å². The van der Waals surface area contributed by atoms with Crippen molar-refractivity contribution in [2.75, 3.05) is 7.11 Å². The molecule has 2 aromatic rings. The summed E-state index contributed by atoms with van der Waals surface area (Å²) in [4.78, 5) is 24.0. The summed E-state index contributed by atoms with van der Waals surface area (Å²) in [6.07, 6.45) is -1.17. The Morgan fingerprint density at radius 1 is 1.32 bits per heavy atom. The van der Waals surface area contributed by atoms with Gasteiger partial charge in [0.25, 0.3) is 5.89 Å². The largest absolute Gasteiger partial charge is 0.490 e. The minimum Gasteiger partial charge on any atom is -0.481 e. The maximum Gasteiger partial charge on any atom is 0.490 e. The number of pyridine rings is 1. The number of carbonyl (C=O) groups excluding carboxylic acids is 1. The molecule has 0 bridgehead atoms. The van der Waals surface area contributed by atoms with Gasteiger partial charge in [-0.2, -0.15) is 18.2 Å². The number of methoxy groups -OCH3 is 1. The van der Waals surface area contributed by atoms with E-state index in [1.807, 2.05) is 12.1 Å². The van der Waals surface area contributed by atoms with E-state index in [0.717, 1.165) is 5.56 Å². The third kappa shape index (κ3) is 6.97. The predicted molar refractivity (Wildman–Crippen MR) is 75.0 cm³/mol. The molecule has 136 valence electrons. The second-order valence-electron chi connectivity index (χ2n) is 4.60. The van der Waals surface area contributed by atoms with Crippen molar-refractivity contribution in [1.82, 2.24) is 10.1 Å². The molecule has 0 fully saturated rings. The molecule has 8 nitrogen and oxygen atoms in total. The Balaban J connectivity index is 0.000000333. The van der Waals surface area contributed by atoms with Crippen LogP contribution in [0.15, 0.2) is 29.0 Å². The molecule has 0 saturated heterocycles. The van der Waals surface area contributed by atoms with Gasteiger partial charge in [0.1, 0.15) is 6.42 Å². The summed E-state index contributed by atoms with van der Waals surface area (Å²) >= 11 is 0. The number of ether oxygens (including phenoxy) is 1. The van der Waals surface area contributed by atoms with Crippen molar-refractivity contribution in [2.45, 2.75) is 26.1 Å². The van der Waals surface area contributed by atoms with Crippen LogP contribution in [0.3, 0.4) is 0 Å². The maximum atomic E-state index is 11.0. The smallest absolute Gasteiger partial charge is 0.481 e. The molecule has 2 aromatic heterocycles. The van der Waals surface area contributed by atoms with Crippen molar-refractivity contribution in [3.8, 4) is 11.5 Å². The van der Waals surface area contributed by atoms with E-state index in [2.05, 4.69) is 14.9 Å². The van der Waals surface area contributed by atoms with Crippen LogP contribution in [0.5, 0.6) is 0 Å². The first-order valence-corrected chi connectivity index (χ1v) is 6.80. The van der Waals surface area contributed by atoms with Crippen LogP contribution in [0.2, 0.25) is 0 Å². The van der Waals surface area contributed by atoms with Crippen LogP contribution in [-0.2, 0) is 20.9 Å². The monoisotopic (exact) mass is 362 g/mol. The molecule has 25 heavy (non-hydrogen) atoms. The highest BCUT2D eigenvalue weighted by molar-refractivity contribution is 5.75. The van der Waals surface area contributed by atoms with Crippen molar-refractivity contribution in [3.05, 3.63) is 30.4 Å². The number of hydrogen-bond donors (Lipinski definition) is 1. The number of halogens is 3.